The summed E-state index contributed by atoms with van der Waals surface area (Å²) in [7, 11) is 1.73. The van der Waals surface area contributed by atoms with Gasteiger partial charge in [-0.2, -0.15) is 0 Å². The van der Waals surface area contributed by atoms with Gasteiger partial charge in [0.05, 0.1) is 16.2 Å². The van der Waals surface area contributed by atoms with Crippen LogP contribution in [0.3, 0.4) is 0 Å². The van der Waals surface area contributed by atoms with Crippen molar-refractivity contribution in [1.82, 2.24) is 14.5 Å². The van der Waals surface area contributed by atoms with Crippen LogP contribution in [-0.4, -0.2) is 34.0 Å². The molecule has 0 saturated carbocycles. The number of hydrogen-bond acceptors (Lipinski definition) is 4. The molecule has 0 amide bonds. The summed E-state index contributed by atoms with van der Waals surface area (Å²) >= 11 is 6.50. The van der Waals surface area contributed by atoms with Crippen molar-refractivity contribution in [3.05, 3.63) is 46.9 Å². The number of hydrogen-bond donors (Lipinski definition) is 0. The van der Waals surface area contributed by atoms with Crippen LogP contribution in [0.5, 0.6) is 0 Å². The number of fused-ring (bicyclic) bond motifs is 1. The number of imidazole rings is 1. The molecule has 0 bridgehead atoms. The van der Waals surface area contributed by atoms with Gasteiger partial charge in [-0.3, -0.25) is 9.78 Å². The number of methoxy groups -OCH3 is 1. The molecule has 2 heterocycles. The standard InChI is InChI=1S/C22H26ClN3O2/c1-5-16(10-12-28-4)26-19-9-11-24-21(22(19)25-20(26)6-2)17-8-7-15(14(3)27)13-18(17)23/h7-9,11,13,16H,5-6,10,12H2,1-4H3. The van der Waals surface area contributed by atoms with Crippen LogP contribution < -0.4 is 0 Å². The SMILES string of the molecule is CCc1nc2c(-c3ccc(C(C)=O)cc3Cl)nccc2n1C(CC)CCOC. The van der Waals surface area contributed by atoms with Crippen LogP contribution in [0.2, 0.25) is 5.02 Å². The Kier molecular flexibility index (Phi) is 6.47. The Morgan fingerprint density at radius 3 is 2.68 bits per heavy atom. The molecule has 0 fully saturated rings. The second-order valence-electron chi connectivity index (χ2n) is 6.87. The monoisotopic (exact) mass is 399 g/mol. The van der Waals surface area contributed by atoms with Crippen molar-refractivity contribution in [2.24, 2.45) is 0 Å². The summed E-state index contributed by atoms with van der Waals surface area (Å²) in [5, 5.41) is 0.506. The maximum atomic E-state index is 11.6. The number of ether oxygens (including phenoxy) is 1. The highest BCUT2D eigenvalue weighted by Crippen LogP contribution is 2.34. The van der Waals surface area contributed by atoms with Crippen LogP contribution in [0.4, 0.5) is 0 Å². The van der Waals surface area contributed by atoms with E-state index in [0.29, 0.717) is 23.2 Å². The summed E-state index contributed by atoms with van der Waals surface area (Å²) in [5.74, 6) is 1.02. The zero-order valence-corrected chi connectivity index (χ0v) is 17.6. The van der Waals surface area contributed by atoms with Gasteiger partial charge in [-0.05, 0) is 31.9 Å². The average Bonchev–Trinajstić information content (AvgIpc) is 3.07. The largest absolute Gasteiger partial charge is 0.385 e. The third-order valence-corrected chi connectivity index (χ3v) is 5.43. The number of rotatable bonds is 8. The summed E-state index contributed by atoms with van der Waals surface area (Å²) in [6.07, 6.45) is 4.55. The molecule has 148 valence electrons. The number of carbonyl (C=O) groups is 1. The zero-order chi connectivity index (χ0) is 20.3. The summed E-state index contributed by atoms with van der Waals surface area (Å²) in [4.78, 5) is 21.1. The van der Waals surface area contributed by atoms with E-state index in [1.807, 2.05) is 12.1 Å². The minimum atomic E-state index is -0.0129. The smallest absolute Gasteiger partial charge is 0.159 e. The lowest BCUT2D eigenvalue weighted by Crippen LogP contribution is -2.13. The van der Waals surface area contributed by atoms with E-state index in [4.69, 9.17) is 21.3 Å². The van der Waals surface area contributed by atoms with E-state index < -0.39 is 0 Å². The molecule has 0 N–H and O–H groups in total. The van der Waals surface area contributed by atoms with Crippen molar-refractivity contribution in [2.75, 3.05) is 13.7 Å². The van der Waals surface area contributed by atoms with Crippen LogP contribution >= 0.6 is 11.6 Å². The summed E-state index contributed by atoms with van der Waals surface area (Å²) in [6.45, 7) is 6.54. The predicted molar refractivity (Wildman–Crippen MR) is 113 cm³/mol. The molecule has 6 heteroatoms. The van der Waals surface area contributed by atoms with Crippen molar-refractivity contribution in [2.45, 2.75) is 46.1 Å². The number of Topliss-reactive ketones (excluding diaryl/α,β-unsaturated/α-hetero) is 1. The molecule has 5 nitrogen and oxygen atoms in total. The minimum absolute atomic E-state index is 0.0129. The molecule has 28 heavy (non-hydrogen) atoms. The molecule has 0 radical (unpaired) electrons. The second-order valence-corrected chi connectivity index (χ2v) is 7.28. The fraction of sp³-hybridized carbons (Fsp3) is 0.409. The Labute approximate surface area is 170 Å². The van der Waals surface area contributed by atoms with E-state index in [-0.39, 0.29) is 5.78 Å². The lowest BCUT2D eigenvalue weighted by atomic mass is 10.1. The number of carbonyl (C=O) groups excluding carboxylic acids is 1. The minimum Gasteiger partial charge on any atom is -0.385 e. The van der Waals surface area contributed by atoms with Crippen molar-refractivity contribution in [1.29, 1.82) is 0 Å². The molecule has 0 spiro atoms. The van der Waals surface area contributed by atoms with Gasteiger partial charge in [0.2, 0.25) is 0 Å². The maximum Gasteiger partial charge on any atom is 0.159 e. The lowest BCUT2D eigenvalue weighted by Gasteiger charge is -2.20. The van der Waals surface area contributed by atoms with Crippen LogP contribution in [0, 0.1) is 0 Å². The highest BCUT2D eigenvalue weighted by atomic mass is 35.5. The van der Waals surface area contributed by atoms with Crippen LogP contribution in [0.1, 0.15) is 55.8 Å². The lowest BCUT2D eigenvalue weighted by molar-refractivity contribution is 0.101. The quantitative estimate of drug-likeness (QED) is 0.469. The first-order chi connectivity index (χ1) is 13.5. The third kappa shape index (κ3) is 3.82. The van der Waals surface area contributed by atoms with Crippen molar-refractivity contribution in [3.8, 4) is 11.3 Å². The van der Waals surface area contributed by atoms with E-state index in [1.165, 1.54) is 6.92 Å². The second kappa shape index (κ2) is 8.84. The number of aromatic nitrogens is 3. The first-order valence-corrected chi connectivity index (χ1v) is 10.0. The van der Waals surface area contributed by atoms with Gasteiger partial charge >= 0.3 is 0 Å². The predicted octanol–water partition coefficient (Wildman–Crippen LogP) is 5.50. The Morgan fingerprint density at radius 2 is 2.07 bits per heavy atom. The molecular weight excluding hydrogens is 374 g/mol. The molecule has 2 aromatic heterocycles. The van der Waals surface area contributed by atoms with E-state index in [0.717, 1.165) is 47.4 Å². The van der Waals surface area contributed by atoms with E-state index >= 15 is 0 Å². The van der Waals surface area contributed by atoms with Crippen molar-refractivity contribution < 1.29 is 9.53 Å². The zero-order valence-electron chi connectivity index (χ0n) is 16.8. The number of pyridine rings is 1. The van der Waals surface area contributed by atoms with E-state index in [1.54, 1.807) is 25.4 Å². The van der Waals surface area contributed by atoms with Crippen LogP contribution in [-0.2, 0) is 11.2 Å². The van der Waals surface area contributed by atoms with Gasteiger partial charge < -0.3 is 9.30 Å². The fourth-order valence-electron chi connectivity index (χ4n) is 3.62. The van der Waals surface area contributed by atoms with Gasteiger partial charge in [0, 0.05) is 43.5 Å². The summed E-state index contributed by atoms with van der Waals surface area (Å²) in [5.41, 5.74) is 4.01. The van der Waals surface area contributed by atoms with Gasteiger partial charge in [0.1, 0.15) is 11.3 Å². The molecule has 3 aromatic rings. The molecule has 0 saturated heterocycles. The van der Waals surface area contributed by atoms with Crippen LogP contribution in [0.15, 0.2) is 30.5 Å². The van der Waals surface area contributed by atoms with Crippen LogP contribution in [0.25, 0.3) is 22.3 Å². The molecular formula is C22H26ClN3O2. The normalized spacial score (nSPS) is 12.5. The summed E-state index contributed by atoms with van der Waals surface area (Å²) < 4.78 is 7.62. The number of benzene rings is 1. The molecule has 0 aliphatic carbocycles. The highest BCUT2D eigenvalue weighted by Gasteiger charge is 2.21. The molecule has 0 aliphatic heterocycles. The van der Waals surface area contributed by atoms with E-state index in [9.17, 15) is 4.79 Å². The van der Waals surface area contributed by atoms with Crippen molar-refractivity contribution >= 4 is 28.4 Å². The number of ketones is 1. The third-order valence-electron chi connectivity index (χ3n) is 5.12. The number of halogens is 1. The fourth-order valence-corrected chi connectivity index (χ4v) is 3.89. The molecule has 0 aliphatic rings. The molecule has 1 atom stereocenters. The Morgan fingerprint density at radius 1 is 1.29 bits per heavy atom. The Balaban J connectivity index is 2.18. The Hall–Kier alpha value is -2.24. The van der Waals surface area contributed by atoms with Gasteiger partial charge in [-0.15, -0.1) is 0 Å². The first kappa shape index (κ1) is 20.5. The number of aryl methyl sites for hydroxylation is 1. The highest BCUT2D eigenvalue weighted by molar-refractivity contribution is 6.34. The Bertz CT molecular complexity index is 997. The van der Waals surface area contributed by atoms with E-state index in [2.05, 4.69) is 23.4 Å². The molecule has 1 aromatic carbocycles. The summed E-state index contributed by atoms with van der Waals surface area (Å²) in [6, 6.07) is 7.66. The average molecular weight is 400 g/mol. The number of nitrogens with zero attached hydrogens (tertiary/aromatic N) is 3. The first-order valence-electron chi connectivity index (χ1n) is 9.67. The van der Waals surface area contributed by atoms with Gasteiger partial charge in [0.15, 0.2) is 5.78 Å². The molecule has 1 unspecified atom stereocenters. The van der Waals surface area contributed by atoms with Gasteiger partial charge in [-0.25, -0.2) is 4.98 Å². The molecule has 3 rings (SSSR count). The topological polar surface area (TPSA) is 57.0 Å². The maximum absolute atomic E-state index is 11.6. The van der Waals surface area contributed by atoms with Gasteiger partial charge in [0.25, 0.3) is 0 Å². The van der Waals surface area contributed by atoms with Crippen molar-refractivity contribution in [3.63, 3.8) is 0 Å². The van der Waals surface area contributed by atoms with Gasteiger partial charge in [-0.1, -0.05) is 37.6 Å².